The Morgan fingerprint density at radius 1 is 0.880 bits per heavy atom. The maximum absolute atomic E-state index is 13.1. The monoisotopic (exact) mass is 353 g/mol. The van der Waals surface area contributed by atoms with Gasteiger partial charge in [-0.15, -0.1) is 0 Å². The SMILES string of the molecule is CC(=O)N(c1ccc2cc[nH]c2c1)S(=O)(=O)c1ccc2cc[nH]c2c1. The van der Waals surface area contributed by atoms with Gasteiger partial charge in [0.25, 0.3) is 10.0 Å². The first-order chi connectivity index (χ1) is 12.0. The van der Waals surface area contributed by atoms with Gasteiger partial charge in [0.1, 0.15) is 0 Å². The van der Waals surface area contributed by atoms with Crippen LogP contribution in [0.1, 0.15) is 6.92 Å². The third-order valence-electron chi connectivity index (χ3n) is 4.12. The molecule has 0 saturated heterocycles. The number of rotatable bonds is 3. The molecule has 2 aromatic carbocycles. The van der Waals surface area contributed by atoms with Gasteiger partial charge in [0.05, 0.1) is 10.6 Å². The number of aromatic nitrogens is 2. The summed E-state index contributed by atoms with van der Waals surface area (Å²) < 4.78 is 27.0. The summed E-state index contributed by atoms with van der Waals surface area (Å²) in [5.41, 5.74) is 1.76. The van der Waals surface area contributed by atoms with Gasteiger partial charge >= 0.3 is 0 Å². The molecule has 0 aliphatic rings. The minimum Gasteiger partial charge on any atom is -0.361 e. The van der Waals surface area contributed by atoms with E-state index in [0.29, 0.717) is 11.2 Å². The highest BCUT2D eigenvalue weighted by Crippen LogP contribution is 2.28. The lowest BCUT2D eigenvalue weighted by atomic mass is 10.2. The molecule has 0 saturated carbocycles. The summed E-state index contributed by atoms with van der Waals surface area (Å²) >= 11 is 0. The highest BCUT2D eigenvalue weighted by molar-refractivity contribution is 7.93. The third kappa shape index (κ3) is 2.49. The second-order valence-electron chi connectivity index (χ2n) is 5.76. The number of aromatic amines is 2. The molecule has 0 spiro atoms. The van der Waals surface area contributed by atoms with Gasteiger partial charge in [0.2, 0.25) is 5.91 Å². The van der Waals surface area contributed by atoms with Crippen LogP contribution in [-0.4, -0.2) is 24.3 Å². The molecule has 2 N–H and O–H groups in total. The zero-order chi connectivity index (χ0) is 17.6. The summed E-state index contributed by atoms with van der Waals surface area (Å²) in [5, 5.41) is 1.85. The lowest BCUT2D eigenvalue weighted by molar-refractivity contribution is -0.115. The van der Waals surface area contributed by atoms with Crippen molar-refractivity contribution in [2.45, 2.75) is 11.8 Å². The molecule has 126 valence electrons. The first-order valence-corrected chi connectivity index (χ1v) is 9.11. The van der Waals surface area contributed by atoms with Gasteiger partial charge in [-0.3, -0.25) is 4.79 Å². The van der Waals surface area contributed by atoms with Crippen molar-refractivity contribution in [1.82, 2.24) is 9.97 Å². The van der Waals surface area contributed by atoms with Gasteiger partial charge in [-0.25, -0.2) is 12.7 Å². The standard InChI is InChI=1S/C18H15N3O3S/c1-12(22)21(15-4-2-13-6-8-19-17(13)10-15)25(23,24)16-5-3-14-7-9-20-18(14)11-16/h2-11,19-20H,1H3. The summed E-state index contributed by atoms with van der Waals surface area (Å²) in [5.74, 6) is -0.572. The molecule has 2 heterocycles. The van der Waals surface area contributed by atoms with Crippen LogP contribution in [0.2, 0.25) is 0 Å². The van der Waals surface area contributed by atoms with E-state index in [2.05, 4.69) is 9.97 Å². The summed E-state index contributed by atoms with van der Waals surface area (Å²) in [7, 11) is -4.02. The maximum atomic E-state index is 13.1. The van der Waals surface area contributed by atoms with Gasteiger partial charge in [-0.1, -0.05) is 12.1 Å². The number of nitrogens with one attached hydrogen (secondary N) is 2. The van der Waals surface area contributed by atoms with Gasteiger partial charge in [0.15, 0.2) is 0 Å². The molecule has 0 atom stereocenters. The van der Waals surface area contributed by atoms with Gasteiger partial charge in [0, 0.05) is 30.4 Å². The lowest BCUT2D eigenvalue weighted by Gasteiger charge is -2.21. The number of fused-ring (bicyclic) bond motifs is 2. The van der Waals surface area contributed by atoms with E-state index in [1.54, 1.807) is 36.7 Å². The molecule has 0 aliphatic carbocycles. The fourth-order valence-corrected chi connectivity index (χ4v) is 4.39. The van der Waals surface area contributed by atoms with Crippen LogP contribution in [0.3, 0.4) is 0 Å². The second kappa shape index (κ2) is 5.49. The Kier molecular flexibility index (Phi) is 3.40. The summed E-state index contributed by atoms with van der Waals surface area (Å²) in [6, 6.07) is 13.6. The first-order valence-electron chi connectivity index (χ1n) is 7.67. The second-order valence-corrected chi connectivity index (χ2v) is 7.55. The predicted molar refractivity (Wildman–Crippen MR) is 96.9 cm³/mol. The van der Waals surface area contributed by atoms with Crippen molar-refractivity contribution in [3.63, 3.8) is 0 Å². The summed E-state index contributed by atoms with van der Waals surface area (Å²) in [6.07, 6.45) is 3.50. The molecular weight excluding hydrogens is 338 g/mol. The van der Waals surface area contributed by atoms with Crippen molar-refractivity contribution < 1.29 is 13.2 Å². The molecule has 4 aromatic rings. The van der Waals surface area contributed by atoms with Crippen LogP contribution in [0.5, 0.6) is 0 Å². The van der Waals surface area contributed by atoms with E-state index >= 15 is 0 Å². The minimum atomic E-state index is -4.02. The number of benzene rings is 2. The van der Waals surface area contributed by atoms with E-state index in [1.807, 2.05) is 12.1 Å². The van der Waals surface area contributed by atoms with E-state index in [1.165, 1.54) is 19.1 Å². The topological polar surface area (TPSA) is 86.0 Å². The Labute approximate surface area is 144 Å². The fraction of sp³-hybridized carbons (Fsp3) is 0.0556. The van der Waals surface area contributed by atoms with E-state index in [0.717, 1.165) is 20.6 Å². The van der Waals surface area contributed by atoms with Crippen molar-refractivity contribution in [3.8, 4) is 0 Å². The molecule has 0 radical (unpaired) electrons. The van der Waals surface area contributed by atoms with Crippen LogP contribution in [-0.2, 0) is 14.8 Å². The van der Waals surface area contributed by atoms with Crippen LogP contribution < -0.4 is 4.31 Å². The van der Waals surface area contributed by atoms with Gasteiger partial charge in [-0.05, 0) is 47.2 Å². The Balaban J connectivity index is 1.87. The van der Waals surface area contributed by atoms with E-state index < -0.39 is 15.9 Å². The van der Waals surface area contributed by atoms with Crippen molar-refractivity contribution in [1.29, 1.82) is 0 Å². The number of hydrogen-bond acceptors (Lipinski definition) is 3. The van der Waals surface area contributed by atoms with E-state index in [4.69, 9.17) is 0 Å². The maximum Gasteiger partial charge on any atom is 0.270 e. The molecule has 4 rings (SSSR count). The summed E-state index contributed by atoms with van der Waals surface area (Å²) in [4.78, 5) is 18.3. The lowest BCUT2D eigenvalue weighted by Crippen LogP contribution is -2.35. The molecule has 7 heteroatoms. The predicted octanol–water partition coefficient (Wildman–Crippen LogP) is 3.39. The van der Waals surface area contributed by atoms with Crippen LogP contribution in [0.15, 0.2) is 65.8 Å². The molecule has 1 amide bonds. The molecule has 2 aromatic heterocycles. The smallest absolute Gasteiger partial charge is 0.270 e. The number of anilines is 1. The van der Waals surface area contributed by atoms with Crippen molar-refractivity contribution >= 4 is 43.4 Å². The fourth-order valence-electron chi connectivity index (χ4n) is 2.94. The Morgan fingerprint density at radius 3 is 2.12 bits per heavy atom. The quantitative estimate of drug-likeness (QED) is 0.592. The average molecular weight is 353 g/mol. The number of H-pyrrole nitrogens is 2. The van der Waals surface area contributed by atoms with E-state index in [9.17, 15) is 13.2 Å². The number of carbonyl (C=O) groups is 1. The Morgan fingerprint density at radius 2 is 1.48 bits per heavy atom. The molecule has 25 heavy (non-hydrogen) atoms. The van der Waals surface area contributed by atoms with Crippen LogP contribution in [0.4, 0.5) is 5.69 Å². The Bertz CT molecular complexity index is 1200. The molecule has 6 nitrogen and oxygen atoms in total. The number of hydrogen-bond donors (Lipinski definition) is 2. The molecule has 0 aliphatic heterocycles. The highest BCUT2D eigenvalue weighted by Gasteiger charge is 2.29. The van der Waals surface area contributed by atoms with Crippen LogP contribution in [0, 0.1) is 0 Å². The molecule has 0 unspecified atom stereocenters. The number of nitrogens with zero attached hydrogens (tertiary/aromatic N) is 1. The van der Waals surface area contributed by atoms with Crippen LogP contribution in [0.25, 0.3) is 21.8 Å². The normalized spacial score (nSPS) is 11.9. The highest BCUT2D eigenvalue weighted by atomic mass is 32.2. The van der Waals surface area contributed by atoms with Crippen molar-refractivity contribution in [2.24, 2.45) is 0 Å². The first kappa shape index (κ1) is 15.5. The largest absolute Gasteiger partial charge is 0.361 e. The zero-order valence-electron chi connectivity index (χ0n) is 13.4. The number of sulfonamides is 1. The molecule has 0 fully saturated rings. The van der Waals surface area contributed by atoms with Gasteiger partial charge in [-0.2, -0.15) is 0 Å². The molecular formula is C18H15N3O3S. The molecule has 0 bridgehead atoms. The van der Waals surface area contributed by atoms with Crippen molar-refractivity contribution in [2.75, 3.05) is 4.31 Å². The Hall–Kier alpha value is -3.06. The number of carbonyl (C=O) groups excluding carboxylic acids is 1. The third-order valence-corrected chi connectivity index (χ3v) is 5.92. The van der Waals surface area contributed by atoms with Gasteiger partial charge < -0.3 is 9.97 Å². The van der Waals surface area contributed by atoms with Crippen LogP contribution >= 0.6 is 0 Å². The zero-order valence-corrected chi connectivity index (χ0v) is 14.2. The average Bonchev–Trinajstić information content (AvgIpc) is 3.22. The van der Waals surface area contributed by atoms with E-state index in [-0.39, 0.29) is 4.90 Å². The van der Waals surface area contributed by atoms with Crippen molar-refractivity contribution in [3.05, 3.63) is 60.9 Å². The number of amides is 1. The minimum absolute atomic E-state index is 0.0595. The summed E-state index contributed by atoms with van der Waals surface area (Å²) in [6.45, 7) is 1.24.